The number of nitrogens with two attached hydrogens (primary N) is 1. The number of hydrogen-bond acceptors (Lipinski definition) is 3. The minimum atomic E-state index is -0.847. The highest BCUT2D eigenvalue weighted by atomic mass is 19.1. The molecule has 1 aromatic heterocycles. The summed E-state index contributed by atoms with van der Waals surface area (Å²) >= 11 is 0. The van der Waals surface area contributed by atoms with Crippen molar-refractivity contribution in [1.82, 2.24) is 9.97 Å². The van der Waals surface area contributed by atoms with Crippen LogP contribution in [0.3, 0.4) is 0 Å². The van der Waals surface area contributed by atoms with Crippen LogP contribution < -0.4 is 5.73 Å². The van der Waals surface area contributed by atoms with Crippen LogP contribution >= 0.6 is 0 Å². The predicted molar refractivity (Wildman–Crippen MR) is 58.0 cm³/mol. The second-order valence-corrected chi connectivity index (χ2v) is 3.41. The van der Waals surface area contributed by atoms with Gasteiger partial charge in [-0.15, -0.1) is 0 Å². The molecule has 0 saturated carbocycles. The fourth-order valence-electron chi connectivity index (χ4n) is 1.43. The maximum Gasteiger partial charge on any atom is 0.136 e. The molecule has 0 saturated heterocycles. The first-order chi connectivity index (χ1) is 7.72. The Kier molecular flexibility index (Phi) is 2.98. The van der Waals surface area contributed by atoms with Gasteiger partial charge in [0.1, 0.15) is 17.7 Å². The number of imidazole rings is 1. The number of H-pyrrole nitrogens is 1. The molecule has 0 aliphatic carbocycles. The van der Waals surface area contributed by atoms with Crippen LogP contribution in [0.25, 0.3) is 11.3 Å². The highest BCUT2D eigenvalue weighted by Crippen LogP contribution is 2.21. The van der Waals surface area contributed by atoms with Crippen LogP contribution in [0, 0.1) is 5.82 Å². The Hall–Kier alpha value is -1.72. The van der Waals surface area contributed by atoms with Crippen LogP contribution in [0.15, 0.2) is 30.5 Å². The molecular formula is C11H12FN3O. The highest BCUT2D eigenvalue weighted by Gasteiger charge is 2.12. The van der Waals surface area contributed by atoms with Crippen molar-refractivity contribution in [2.45, 2.75) is 6.10 Å². The Labute approximate surface area is 91.9 Å². The maximum atomic E-state index is 13.4. The predicted octanol–water partition coefficient (Wildman–Crippen LogP) is 1.21. The Morgan fingerprint density at radius 1 is 1.44 bits per heavy atom. The molecule has 2 rings (SSSR count). The first-order valence-corrected chi connectivity index (χ1v) is 4.90. The molecule has 1 aromatic carbocycles. The number of aliphatic hydroxyl groups is 1. The van der Waals surface area contributed by atoms with E-state index in [9.17, 15) is 9.50 Å². The molecule has 1 unspecified atom stereocenters. The van der Waals surface area contributed by atoms with Crippen molar-refractivity contribution >= 4 is 0 Å². The highest BCUT2D eigenvalue weighted by molar-refractivity contribution is 5.59. The van der Waals surface area contributed by atoms with Gasteiger partial charge in [-0.3, -0.25) is 0 Å². The maximum absolute atomic E-state index is 13.4. The van der Waals surface area contributed by atoms with E-state index in [1.165, 1.54) is 12.3 Å². The van der Waals surface area contributed by atoms with Crippen molar-refractivity contribution in [3.63, 3.8) is 0 Å². The van der Waals surface area contributed by atoms with E-state index in [0.717, 1.165) is 0 Å². The number of rotatable bonds is 3. The van der Waals surface area contributed by atoms with E-state index in [4.69, 9.17) is 5.73 Å². The second kappa shape index (κ2) is 4.42. The molecule has 0 aliphatic rings. The molecule has 0 radical (unpaired) electrons. The third-order valence-electron chi connectivity index (χ3n) is 2.30. The minimum Gasteiger partial charge on any atom is -0.384 e. The van der Waals surface area contributed by atoms with Gasteiger partial charge in [0, 0.05) is 12.1 Å². The zero-order valence-electron chi connectivity index (χ0n) is 8.52. The lowest BCUT2D eigenvalue weighted by molar-refractivity contribution is 0.177. The van der Waals surface area contributed by atoms with Crippen molar-refractivity contribution in [1.29, 1.82) is 0 Å². The average molecular weight is 221 g/mol. The second-order valence-electron chi connectivity index (χ2n) is 3.41. The lowest BCUT2D eigenvalue weighted by atomic mass is 10.1. The van der Waals surface area contributed by atoms with Gasteiger partial charge in [0.2, 0.25) is 0 Å². The molecule has 1 heterocycles. The van der Waals surface area contributed by atoms with Crippen molar-refractivity contribution in [3.8, 4) is 11.3 Å². The quantitative estimate of drug-likeness (QED) is 0.729. The Morgan fingerprint density at radius 2 is 2.19 bits per heavy atom. The molecule has 0 fully saturated rings. The van der Waals surface area contributed by atoms with Gasteiger partial charge in [-0.2, -0.15) is 0 Å². The molecule has 0 amide bonds. The van der Waals surface area contributed by atoms with Crippen molar-refractivity contribution in [2.24, 2.45) is 5.73 Å². The van der Waals surface area contributed by atoms with E-state index in [0.29, 0.717) is 17.1 Å². The van der Waals surface area contributed by atoms with Gasteiger partial charge in [-0.1, -0.05) is 12.1 Å². The molecule has 5 heteroatoms. The Morgan fingerprint density at radius 3 is 2.88 bits per heavy atom. The number of nitrogens with one attached hydrogen (secondary N) is 1. The summed E-state index contributed by atoms with van der Waals surface area (Å²) in [4.78, 5) is 6.79. The summed E-state index contributed by atoms with van der Waals surface area (Å²) in [5.41, 5.74) is 6.25. The topological polar surface area (TPSA) is 74.9 Å². The third-order valence-corrected chi connectivity index (χ3v) is 2.30. The summed E-state index contributed by atoms with van der Waals surface area (Å²) in [7, 11) is 0. The van der Waals surface area contributed by atoms with Gasteiger partial charge in [0.05, 0.1) is 11.9 Å². The molecule has 16 heavy (non-hydrogen) atoms. The van der Waals surface area contributed by atoms with Crippen molar-refractivity contribution < 1.29 is 9.50 Å². The van der Waals surface area contributed by atoms with E-state index in [2.05, 4.69) is 9.97 Å². The van der Waals surface area contributed by atoms with Crippen LogP contribution in [-0.2, 0) is 0 Å². The third kappa shape index (κ3) is 1.95. The van der Waals surface area contributed by atoms with Crippen molar-refractivity contribution in [3.05, 3.63) is 42.1 Å². The van der Waals surface area contributed by atoms with Gasteiger partial charge >= 0.3 is 0 Å². The molecule has 2 aromatic rings. The summed E-state index contributed by atoms with van der Waals surface area (Å²) in [6.45, 7) is 0.0736. The number of benzene rings is 1. The van der Waals surface area contributed by atoms with E-state index in [1.54, 1.807) is 18.2 Å². The molecule has 0 spiro atoms. The Balaban J connectivity index is 2.35. The van der Waals surface area contributed by atoms with E-state index >= 15 is 0 Å². The van der Waals surface area contributed by atoms with E-state index < -0.39 is 6.10 Å². The van der Waals surface area contributed by atoms with Gasteiger partial charge in [-0.05, 0) is 12.1 Å². The summed E-state index contributed by atoms with van der Waals surface area (Å²) < 4.78 is 13.4. The summed E-state index contributed by atoms with van der Waals surface area (Å²) in [5.74, 6) is 0.0145. The van der Waals surface area contributed by atoms with Gasteiger partial charge < -0.3 is 15.8 Å². The van der Waals surface area contributed by atoms with Crippen LogP contribution in [0.5, 0.6) is 0 Å². The first kappa shape index (κ1) is 10.8. The summed E-state index contributed by atoms with van der Waals surface area (Å²) in [5, 5.41) is 9.45. The van der Waals surface area contributed by atoms with Crippen molar-refractivity contribution in [2.75, 3.05) is 6.54 Å². The van der Waals surface area contributed by atoms with E-state index in [-0.39, 0.29) is 12.4 Å². The van der Waals surface area contributed by atoms with Gasteiger partial charge in [-0.25, -0.2) is 9.37 Å². The van der Waals surface area contributed by atoms with E-state index in [1.807, 2.05) is 0 Å². The standard InChI is InChI=1S/C11H12FN3O/c12-8-4-2-1-3-7(8)9-6-14-11(15-9)10(16)5-13/h1-4,6,10,16H,5,13H2,(H,14,15). The number of aromatic nitrogens is 2. The molecule has 84 valence electrons. The summed E-state index contributed by atoms with van der Waals surface area (Å²) in [6.07, 6.45) is 0.632. The SMILES string of the molecule is NCC(O)c1ncc(-c2ccccc2F)[nH]1. The molecule has 0 bridgehead atoms. The van der Waals surface area contributed by atoms with Crippen LogP contribution in [0.4, 0.5) is 4.39 Å². The number of hydrogen-bond donors (Lipinski definition) is 3. The fraction of sp³-hybridized carbons (Fsp3) is 0.182. The van der Waals surface area contributed by atoms with Gasteiger partial charge in [0.15, 0.2) is 0 Å². The zero-order chi connectivity index (χ0) is 11.5. The first-order valence-electron chi connectivity index (χ1n) is 4.90. The number of aromatic amines is 1. The molecular weight excluding hydrogens is 209 g/mol. The molecule has 1 atom stereocenters. The van der Waals surface area contributed by atoms with Crippen LogP contribution in [0.1, 0.15) is 11.9 Å². The number of nitrogens with zero attached hydrogens (tertiary/aromatic N) is 1. The molecule has 4 nitrogen and oxygen atoms in total. The molecule has 0 aliphatic heterocycles. The number of halogens is 1. The molecule has 4 N–H and O–H groups in total. The number of aliphatic hydroxyl groups excluding tert-OH is 1. The minimum absolute atomic E-state index is 0.0736. The van der Waals surface area contributed by atoms with Crippen LogP contribution in [0.2, 0.25) is 0 Å². The smallest absolute Gasteiger partial charge is 0.136 e. The lowest BCUT2D eigenvalue weighted by Gasteiger charge is -2.03. The fourth-order valence-corrected chi connectivity index (χ4v) is 1.43. The summed E-state index contributed by atoms with van der Waals surface area (Å²) in [6, 6.07) is 6.36. The Bertz CT molecular complexity index is 484. The van der Waals surface area contributed by atoms with Crippen LogP contribution in [-0.4, -0.2) is 21.6 Å². The van der Waals surface area contributed by atoms with Gasteiger partial charge in [0.25, 0.3) is 0 Å². The monoisotopic (exact) mass is 221 g/mol. The average Bonchev–Trinajstić information content (AvgIpc) is 2.78. The zero-order valence-corrected chi connectivity index (χ0v) is 8.52. The normalized spacial score (nSPS) is 12.7. The lowest BCUT2D eigenvalue weighted by Crippen LogP contribution is -2.12. The largest absolute Gasteiger partial charge is 0.384 e.